The van der Waals surface area contributed by atoms with Gasteiger partial charge in [0.25, 0.3) is 6.43 Å². The molecule has 4 nitrogen and oxygen atoms in total. The highest BCUT2D eigenvalue weighted by atomic mass is 19.3. The molecule has 0 amide bonds. The maximum Gasteiger partial charge on any atom is 0.416 e. The lowest BCUT2D eigenvalue weighted by Gasteiger charge is -1.93. The van der Waals surface area contributed by atoms with Gasteiger partial charge in [-0.25, -0.2) is 23.5 Å². The fourth-order valence-electron chi connectivity index (χ4n) is 0.598. The first-order valence-corrected chi connectivity index (χ1v) is 2.71. The van der Waals surface area contributed by atoms with Crippen LogP contribution in [0.1, 0.15) is 22.7 Å². The SMILES string of the molecule is O=C(OF)c1ocnc1C(F)F. The van der Waals surface area contributed by atoms with E-state index < -0.39 is 23.8 Å². The van der Waals surface area contributed by atoms with Crippen molar-refractivity contribution in [2.24, 2.45) is 0 Å². The standard InChI is InChI=1S/C5H2F3NO3/c6-4(7)2-3(5(10)12-8)11-1-9-2/h1,4H. The van der Waals surface area contributed by atoms with Crippen molar-refractivity contribution in [1.82, 2.24) is 4.98 Å². The first-order valence-electron chi connectivity index (χ1n) is 2.71. The molecule has 0 bridgehead atoms. The van der Waals surface area contributed by atoms with E-state index in [1.54, 1.807) is 0 Å². The lowest BCUT2D eigenvalue weighted by atomic mass is 10.3. The van der Waals surface area contributed by atoms with Crippen LogP contribution in [-0.4, -0.2) is 11.0 Å². The van der Waals surface area contributed by atoms with E-state index in [9.17, 15) is 18.1 Å². The van der Waals surface area contributed by atoms with Crippen LogP contribution in [0.15, 0.2) is 10.8 Å². The monoisotopic (exact) mass is 181 g/mol. The van der Waals surface area contributed by atoms with Gasteiger partial charge < -0.3 is 4.42 Å². The van der Waals surface area contributed by atoms with Crippen molar-refractivity contribution < 1.29 is 27.5 Å². The van der Waals surface area contributed by atoms with Crippen LogP contribution in [0.3, 0.4) is 0 Å². The molecule has 0 fully saturated rings. The zero-order valence-electron chi connectivity index (χ0n) is 5.46. The van der Waals surface area contributed by atoms with Gasteiger partial charge in [0.05, 0.1) is 0 Å². The van der Waals surface area contributed by atoms with E-state index in [0.29, 0.717) is 6.39 Å². The Morgan fingerprint density at radius 3 is 2.83 bits per heavy atom. The number of hydrogen-bond acceptors (Lipinski definition) is 4. The zero-order valence-corrected chi connectivity index (χ0v) is 5.46. The van der Waals surface area contributed by atoms with Gasteiger partial charge in [0.1, 0.15) is 0 Å². The smallest absolute Gasteiger partial charge is 0.416 e. The van der Waals surface area contributed by atoms with Gasteiger partial charge in [-0.3, -0.25) is 0 Å². The van der Waals surface area contributed by atoms with Crippen LogP contribution >= 0.6 is 0 Å². The van der Waals surface area contributed by atoms with E-state index >= 15 is 0 Å². The topological polar surface area (TPSA) is 52.3 Å². The van der Waals surface area contributed by atoms with Crippen molar-refractivity contribution in [1.29, 1.82) is 0 Å². The molecule has 0 N–H and O–H groups in total. The Morgan fingerprint density at radius 2 is 2.33 bits per heavy atom. The van der Waals surface area contributed by atoms with Crippen molar-refractivity contribution in [3.8, 4) is 0 Å². The van der Waals surface area contributed by atoms with Gasteiger partial charge in [-0.15, -0.1) is 0 Å². The van der Waals surface area contributed by atoms with Crippen LogP contribution in [0, 0.1) is 0 Å². The van der Waals surface area contributed by atoms with Gasteiger partial charge in [0.15, 0.2) is 12.1 Å². The molecular weight excluding hydrogens is 179 g/mol. The summed E-state index contributed by atoms with van der Waals surface area (Å²) in [5.41, 5.74) is -0.933. The summed E-state index contributed by atoms with van der Waals surface area (Å²) in [5.74, 6) is -2.55. The summed E-state index contributed by atoms with van der Waals surface area (Å²) in [6.07, 6.45) is -2.40. The summed E-state index contributed by atoms with van der Waals surface area (Å²) >= 11 is 0. The van der Waals surface area contributed by atoms with Gasteiger partial charge in [0.2, 0.25) is 5.76 Å². The van der Waals surface area contributed by atoms with Gasteiger partial charge in [0, 0.05) is 4.53 Å². The molecule has 12 heavy (non-hydrogen) atoms. The predicted octanol–water partition coefficient (Wildman–Crippen LogP) is 1.65. The molecule has 0 atom stereocenters. The van der Waals surface area contributed by atoms with Crippen molar-refractivity contribution in [3.05, 3.63) is 17.8 Å². The van der Waals surface area contributed by atoms with Crippen LogP contribution in [0.2, 0.25) is 0 Å². The quantitative estimate of drug-likeness (QED) is 0.695. The van der Waals surface area contributed by atoms with E-state index in [1.807, 2.05) is 0 Å². The molecule has 0 saturated heterocycles. The molecule has 0 saturated carbocycles. The third-order valence-corrected chi connectivity index (χ3v) is 1.06. The third kappa shape index (κ3) is 1.39. The number of rotatable bonds is 2. The number of hydrogen-bond donors (Lipinski definition) is 0. The Hall–Kier alpha value is -1.53. The maximum atomic E-state index is 11.9. The average Bonchev–Trinajstić information content (AvgIpc) is 2.50. The minimum atomic E-state index is -3.00. The minimum Gasteiger partial charge on any atom is -0.436 e. The highest BCUT2D eigenvalue weighted by Gasteiger charge is 2.25. The van der Waals surface area contributed by atoms with E-state index in [4.69, 9.17) is 0 Å². The van der Waals surface area contributed by atoms with E-state index in [0.717, 1.165) is 0 Å². The minimum absolute atomic E-state index is 0.605. The molecule has 0 unspecified atom stereocenters. The van der Waals surface area contributed by atoms with Gasteiger partial charge >= 0.3 is 5.97 Å². The van der Waals surface area contributed by atoms with Gasteiger partial charge in [-0.1, -0.05) is 0 Å². The van der Waals surface area contributed by atoms with E-state index in [-0.39, 0.29) is 0 Å². The predicted molar refractivity (Wildman–Crippen MR) is 28.0 cm³/mol. The number of carbonyl (C=O) groups is 1. The Morgan fingerprint density at radius 1 is 1.67 bits per heavy atom. The number of aromatic nitrogens is 1. The average molecular weight is 181 g/mol. The number of carbonyl (C=O) groups excluding carboxylic acids is 1. The van der Waals surface area contributed by atoms with Crippen LogP contribution < -0.4 is 0 Å². The van der Waals surface area contributed by atoms with Crippen molar-refractivity contribution in [3.63, 3.8) is 0 Å². The number of nitrogens with zero attached hydrogens (tertiary/aromatic N) is 1. The summed E-state index contributed by atoms with van der Waals surface area (Å²) in [4.78, 5) is 16.0. The molecule has 66 valence electrons. The molecule has 0 aliphatic rings. The summed E-state index contributed by atoms with van der Waals surface area (Å²) in [6.45, 7) is 0. The molecule has 0 radical (unpaired) electrons. The third-order valence-electron chi connectivity index (χ3n) is 1.06. The molecule has 0 spiro atoms. The Balaban J connectivity index is 2.99. The van der Waals surface area contributed by atoms with Gasteiger partial charge in [-0.05, 0) is 0 Å². The van der Waals surface area contributed by atoms with Crippen molar-refractivity contribution >= 4 is 5.97 Å². The van der Waals surface area contributed by atoms with Crippen molar-refractivity contribution in [2.45, 2.75) is 6.43 Å². The molecule has 1 heterocycles. The first-order chi connectivity index (χ1) is 5.66. The molecule has 0 aromatic carbocycles. The highest BCUT2D eigenvalue weighted by molar-refractivity contribution is 5.86. The summed E-state index contributed by atoms with van der Waals surface area (Å²) in [7, 11) is 0. The van der Waals surface area contributed by atoms with E-state index in [2.05, 4.69) is 14.3 Å². The van der Waals surface area contributed by atoms with Crippen LogP contribution in [0.4, 0.5) is 13.3 Å². The molecule has 1 aromatic rings. The number of alkyl halides is 2. The van der Waals surface area contributed by atoms with Crippen LogP contribution in [0.5, 0.6) is 0 Å². The summed E-state index contributed by atoms with van der Waals surface area (Å²) in [5, 5.41) is 0. The molecule has 1 aromatic heterocycles. The number of halogens is 3. The molecule has 7 heteroatoms. The molecule has 0 aliphatic carbocycles. The Bertz CT molecular complexity index is 285. The normalized spacial score (nSPS) is 10.3. The maximum absolute atomic E-state index is 11.9. The second-order valence-electron chi connectivity index (χ2n) is 1.73. The summed E-state index contributed by atoms with van der Waals surface area (Å²) in [6, 6.07) is 0. The summed E-state index contributed by atoms with van der Waals surface area (Å²) < 4.78 is 39.2. The van der Waals surface area contributed by atoms with Crippen LogP contribution in [0.25, 0.3) is 0 Å². The Kier molecular flexibility index (Phi) is 2.32. The fraction of sp³-hybridized carbons (Fsp3) is 0.200. The Labute approximate surface area is 63.8 Å². The van der Waals surface area contributed by atoms with Crippen LogP contribution in [-0.2, 0) is 4.94 Å². The second kappa shape index (κ2) is 3.24. The molecule has 0 aliphatic heterocycles. The highest BCUT2D eigenvalue weighted by Crippen LogP contribution is 2.21. The van der Waals surface area contributed by atoms with Crippen molar-refractivity contribution in [2.75, 3.05) is 0 Å². The number of oxazole rings is 1. The second-order valence-corrected chi connectivity index (χ2v) is 1.73. The van der Waals surface area contributed by atoms with Gasteiger partial charge in [-0.2, -0.15) is 0 Å². The largest absolute Gasteiger partial charge is 0.436 e. The van der Waals surface area contributed by atoms with E-state index in [1.165, 1.54) is 0 Å². The zero-order chi connectivity index (χ0) is 9.14. The lowest BCUT2D eigenvalue weighted by molar-refractivity contribution is -0.0816. The first kappa shape index (κ1) is 8.57. The molecule has 1 rings (SSSR count). The fourth-order valence-corrected chi connectivity index (χ4v) is 0.598. The molecular formula is C5H2F3NO3. The lowest BCUT2D eigenvalue weighted by Crippen LogP contribution is -2.01.